The molecule has 104 valence electrons. The van der Waals surface area contributed by atoms with Crippen LogP contribution in [-0.2, 0) is 0 Å². The molecule has 0 aromatic carbocycles. The molecule has 2 heterocycles. The molecule has 1 aromatic heterocycles. The fraction of sp³-hybridized carbons (Fsp3) is 0.688. The third-order valence-corrected chi connectivity index (χ3v) is 4.63. The molecule has 0 amide bonds. The zero-order chi connectivity index (χ0) is 13.1. The number of aromatic nitrogens is 1. The Kier molecular flexibility index (Phi) is 4.02. The van der Waals surface area contributed by atoms with E-state index in [1.807, 2.05) is 12.3 Å². The van der Waals surface area contributed by atoms with Crippen molar-refractivity contribution >= 4 is 5.82 Å². The van der Waals surface area contributed by atoms with Gasteiger partial charge in [-0.25, -0.2) is 4.98 Å². The summed E-state index contributed by atoms with van der Waals surface area (Å²) in [6.07, 6.45) is 8.55. The maximum atomic E-state index is 4.45. The van der Waals surface area contributed by atoms with Crippen molar-refractivity contribution in [2.75, 3.05) is 18.0 Å². The molecular weight excluding hydrogens is 234 g/mol. The van der Waals surface area contributed by atoms with Gasteiger partial charge in [0.1, 0.15) is 5.82 Å². The lowest BCUT2D eigenvalue weighted by Crippen LogP contribution is -2.45. The molecular formula is C16H25N3. The van der Waals surface area contributed by atoms with Gasteiger partial charge in [-0.05, 0) is 50.2 Å². The van der Waals surface area contributed by atoms with Crippen LogP contribution in [-0.4, -0.2) is 30.2 Å². The van der Waals surface area contributed by atoms with Crippen molar-refractivity contribution in [3.05, 3.63) is 24.4 Å². The van der Waals surface area contributed by atoms with Gasteiger partial charge in [-0.15, -0.1) is 0 Å². The molecule has 3 rings (SSSR count). The molecule has 0 bridgehead atoms. The Morgan fingerprint density at radius 1 is 1.11 bits per heavy atom. The van der Waals surface area contributed by atoms with Gasteiger partial charge in [0.15, 0.2) is 0 Å². The maximum Gasteiger partial charge on any atom is 0.128 e. The molecule has 3 nitrogen and oxygen atoms in total. The number of rotatable bonds is 3. The molecule has 0 radical (unpaired) electrons. The molecule has 1 aliphatic heterocycles. The molecule has 2 unspecified atom stereocenters. The highest BCUT2D eigenvalue weighted by Gasteiger charge is 2.26. The van der Waals surface area contributed by atoms with Gasteiger partial charge in [0.2, 0.25) is 0 Å². The second kappa shape index (κ2) is 5.91. The van der Waals surface area contributed by atoms with E-state index in [0.29, 0.717) is 0 Å². The highest BCUT2D eigenvalue weighted by molar-refractivity contribution is 5.38. The van der Waals surface area contributed by atoms with Gasteiger partial charge in [-0.2, -0.15) is 0 Å². The average molecular weight is 259 g/mol. The summed E-state index contributed by atoms with van der Waals surface area (Å²) >= 11 is 0. The van der Waals surface area contributed by atoms with Gasteiger partial charge < -0.3 is 10.2 Å². The normalized spacial score (nSPS) is 28.8. The Hall–Kier alpha value is -1.09. The van der Waals surface area contributed by atoms with Crippen LogP contribution in [0.4, 0.5) is 5.82 Å². The molecule has 1 aromatic rings. The molecule has 1 saturated heterocycles. The Balaban J connectivity index is 1.47. The van der Waals surface area contributed by atoms with E-state index >= 15 is 0 Å². The molecule has 0 spiro atoms. The van der Waals surface area contributed by atoms with E-state index in [0.717, 1.165) is 36.9 Å². The molecule has 3 heteroatoms. The van der Waals surface area contributed by atoms with Crippen molar-refractivity contribution in [2.24, 2.45) is 5.92 Å². The minimum Gasteiger partial charge on any atom is -0.357 e. The first-order chi connectivity index (χ1) is 9.31. The first kappa shape index (κ1) is 12.9. The zero-order valence-corrected chi connectivity index (χ0v) is 11.9. The van der Waals surface area contributed by atoms with E-state index < -0.39 is 0 Å². The van der Waals surface area contributed by atoms with Gasteiger partial charge in [0, 0.05) is 31.4 Å². The van der Waals surface area contributed by atoms with Crippen LogP contribution in [0.2, 0.25) is 0 Å². The lowest BCUT2D eigenvalue weighted by molar-refractivity contribution is 0.362. The predicted molar refractivity (Wildman–Crippen MR) is 79.4 cm³/mol. The van der Waals surface area contributed by atoms with Crippen molar-refractivity contribution in [3.8, 4) is 0 Å². The molecule has 2 aliphatic rings. The number of piperidine rings is 1. The van der Waals surface area contributed by atoms with Crippen molar-refractivity contribution in [1.29, 1.82) is 0 Å². The summed E-state index contributed by atoms with van der Waals surface area (Å²) in [7, 11) is 0. The second-order valence-electron chi connectivity index (χ2n) is 6.23. The highest BCUT2D eigenvalue weighted by atomic mass is 15.2. The van der Waals surface area contributed by atoms with Gasteiger partial charge in [-0.3, -0.25) is 0 Å². The third kappa shape index (κ3) is 3.27. The predicted octanol–water partition coefficient (Wildman–Crippen LogP) is 2.83. The van der Waals surface area contributed by atoms with E-state index in [-0.39, 0.29) is 0 Å². The van der Waals surface area contributed by atoms with Crippen molar-refractivity contribution in [1.82, 2.24) is 10.3 Å². The first-order valence-corrected chi connectivity index (χ1v) is 7.73. The van der Waals surface area contributed by atoms with Crippen molar-refractivity contribution in [3.63, 3.8) is 0 Å². The van der Waals surface area contributed by atoms with Crippen LogP contribution in [0.15, 0.2) is 24.4 Å². The topological polar surface area (TPSA) is 28.2 Å². The second-order valence-corrected chi connectivity index (χ2v) is 6.23. The fourth-order valence-corrected chi connectivity index (χ4v) is 3.51. The van der Waals surface area contributed by atoms with Crippen LogP contribution < -0.4 is 10.2 Å². The monoisotopic (exact) mass is 259 g/mol. The minimum atomic E-state index is 0.718. The van der Waals surface area contributed by atoms with Crippen LogP contribution in [0.5, 0.6) is 0 Å². The molecule has 1 saturated carbocycles. The third-order valence-electron chi connectivity index (χ3n) is 4.63. The Labute approximate surface area is 116 Å². The summed E-state index contributed by atoms with van der Waals surface area (Å²) < 4.78 is 0. The van der Waals surface area contributed by atoms with Crippen LogP contribution >= 0.6 is 0 Å². The molecule has 2 atom stereocenters. The highest BCUT2D eigenvalue weighted by Crippen LogP contribution is 2.26. The number of anilines is 1. The summed E-state index contributed by atoms with van der Waals surface area (Å²) in [5.41, 5.74) is 0. The molecule has 2 fully saturated rings. The lowest BCUT2D eigenvalue weighted by atomic mass is 10.0. The molecule has 1 N–H and O–H groups in total. The number of nitrogens with zero attached hydrogens (tertiary/aromatic N) is 2. The van der Waals surface area contributed by atoms with Crippen molar-refractivity contribution in [2.45, 2.75) is 51.1 Å². The van der Waals surface area contributed by atoms with E-state index in [4.69, 9.17) is 0 Å². The summed E-state index contributed by atoms with van der Waals surface area (Å²) in [4.78, 5) is 6.86. The van der Waals surface area contributed by atoms with Crippen molar-refractivity contribution < 1.29 is 0 Å². The molecule has 19 heavy (non-hydrogen) atoms. The zero-order valence-electron chi connectivity index (χ0n) is 11.9. The Morgan fingerprint density at radius 2 is 1.95 bits per heavy atom. The number of hydrogen-bond acceptors (Lipinski definition) is 3. The molecule has 1 aliphatic carbocycles. The number of hydrogen-bond donors (Lipinski definition) is 1. The van der Waals surface area contributed by atoms with Gasteiger partial charge in [0.25, 0.3) is 0 Å². The lowest BCUT2D eigenvalue weighted by Gasteiger charge is -2.34. The van der Waals surface area contributed by atoms with Crippen LogP contribution in [0, 0.1) is 5.92 Å². The smallest absolute Gasteiger partial charge is 0.128 e. The van der Waals surface area contributed by atoms with E-state index in [1.165, 1.54) is 32.1 Å². The summed E-state index contributed by atoms with van der Waals surface area (Å²) in [5.74, 6) is 2.06. The fourth-order valence-electron chi connectivity index (χ4n) is 3.51. The summed E-state index contributed by atoms with van der Waals surface area (Å²) in [6, 6.07) is 7.68. The Bertz CT molecular complexity index is 384. The average Bonchev–Trinajstić information content (AvgIpc) is 2.86. The first-order valence-electron chi connectivity index (χ1n) is 7.73. The number of pyridine rings is 1. The van der Waals surface area contributed by atoms with Gasteiger partial charge in [-0.1, -0.05) is 13.0 Å². The quantitative estimate of drug-likeness (QED) is 0.904. The summed E-state index contributed by atoms with van der Waals surface area (Å²) in [6.45, 7) is 4.65. The van der Waals surface area contributed by atoms with E-state index in [1.54, 1.807) is 0 Å². The maximum absolute atomic E-state index is 4.45. The number of nitrogens with one attached hydrogen (secondary N) is 1. The standard InChI is InChI=1S/C16H25N3/c1-13-5-6-15(12-13)18-14-7-10-19(11-8-14)16-4-2-3-9-17-16/h2-4,9,13-15,18H,5-8,10-12H2,1H3. The van der Waals surface area contributed by atoms with Crippen LogP contribution in [0.1, 0.15) is 39.0 Å². The minimum absolute atomic E-state index is 0.718. The van der Waals surface area contributed by atoms with E-state index in [2.05, 4.69) is 34.3 Å². The van der Waals surface area contributed by atoms with Crippen LogP contribution in [0.25, 0.3) is 0 Å². The SMILES string of the molecule is CC1CCC(NC2CCN(c3ccccn3)CC2)C1. The van der Waals surface area contributed by atoms with Gasteiger partial charge in [0.05, 0.1) is 0 Å². The summed E-state index contributed by atoms with van der Waals surface area (Å²) in [5, 5.41) is 3.87. The Morgan fingerprint density at radius 3 is 2.58 bits per heavy atom. The van der Waals surface area contributed by atoms with E-state index in [9.17, 15) is 0 Å². The van der Waals surface area contributed by atoms with Crippen LogP contribution in [0.3, 0.4) is 0 Å². The van der Waals surface area contributed by atoms with Gasteiger partial charge >= 0.3 is 0 Å². The largest absolute Gasteiger partial charge is 0.357 e.